The van der Waals surface area contributed by atoms with Gasteiger partial charge in [-0.25, -0.2) is 9.59 Å². The lowest BCUT2D eigenvalue weighted by Crippen LogP contribution is -2.02. The van der Waals surface area contributed by atoms with Crippen LogP contribution in [0.4, 0.5) is 0 Å². The Morgan fingerprint density at radius 2 is 1.24 bits per heavy atom. The Bertz CT molecular complexity index is 786. The molecule has 0 bridgehead atoms. The molecule has 0 spiro atoms. The van der Waals surface area contributed by atoms with Gasteiger partial charge in [0.1, 0.15) is 24.0 Å². The van der Waals surface area contributed by atoms with Gasteiger partial charge < -0.3 is 14.2 Å². The van der Waals surface area contributed by atoms with Crippen molar-refractivity contribution in [2.24, 2.45) is 0 Å². The lowest BCUT2D eigenvalue weighted by Gasteiger charge is -2.06. The van der Waals surface area contributed by atoms with Crippen molar-refractivity contribution in [1.29, 1.82) is 0 Å². The van der Waals surface area contributed by atoms with Gasteiger partial charge in [0.15, 0.2) is 0 Å². The Labute approximate surface area is 145 Å². The standard InChI is InChI=1S/C20H16O5/c1-3-19(21)24-14-13-23-17-9-5-15(6-10-17)16-7-11-18(12-8-16)25-20(22)4-2/h3-14H,1-2H2. The van der Waals surface area contributed by atoms with Crippen LogP contribution in [-0.2, 0) is 14.3 Å². The molecule has 2 aromatic carbocycles. The molecule has 0 radical (unpaired) electrons. The van der Waals surface area contributed by atoms with E-state index in [-0.39, 0.29) is 0 Å². The van der Waals surface area contributed by atoms with Gasteiger partial charge in [0, 0.05) is 12.2 Å². The van der Waals surface area contributed by atoms with Gasteiger partial charge in [0.25, 0.3) is 0 Å². The Morgan fingerprint density at radius 3 is 1.76 bits per heavy atom. The van der Waals surface area contributed by atoms with Crippen molar-refractivity contribution >= 4 is 11.9 Å². The van der Waals surface area contributed by atoms with Crippen LogP contribution in [0.5, 0.6) is 11.5 Å². The van der Waals surface area contributed by atoms with E-state index >= 15 is 0 Å². The summed E-state index contributed by atoms with van der Waals surface area (Å²) in [5, 5.41) is 0. The first-order valence-corrected chi connectivity index (χ1v) is 7.32. The van der Waals surface area contributed by atoms with E-state index in [1.54, 1.807) is 24.3 Å². The molecule has 0 amide bonds. The number of ether oxygens (including phenoxy) is 3. The monoisotopic (exact) mass is 336 g/mol. The largest absolute Gasteiger partial charge is 0.462 e. The molecule has 5 nitrogen and oxygen atoms in total. The third kappa shape index (κ3) is 5.51. The predicted octanol–water partition coefficient (Wildman–Crippen LogP) is 4.02. The number of carbonyl (C=O) groups is 2. The fourth-order valence-electron chi connectivity index (χ4n) is 1.85. The van der Waals surface area contributed by atoms with E-state index in [1.165, 1.54) is 6.26 Å². The maximum absolute atomic E-state index is 11.1. The minimum Gasteiger partial charge on any atom is -0.462 e. The zero-order chi connectivity index (χ0) is 18.1. The van der Waals surface area contributed by atoms with Crippen LogP contribution in [0.1, 0.15) is 0 Å². The normalized spacial score (nSPS) is 10.1. The van der Waals surface area contributed by atoms with E-state index in [1.807, 2.05) is 24.3 Å². The van der Waals surface area contributed by atoms with E-state index in [4.69, 9.17) is 9.47 Å². The van der Waals surface area contributed by atoms with E-state index in [9.17, 15) is 9.59 Å². The molecule has 0 heterocycles. The molecule has 0 saturated heterocycles. The number of benzene rings is 2. The zero-order valence-electron chi connectivity index (χ0n) is 13.4. The molecular weight excluding hydrogens is 320 g/mol. The summed E-state index contributed by atoms with van der Waals surface area (Å²) in [7, 11) is 0. The van der Waals surface area contributed by atoms with Gasteiger partial charge >= 0.3 is 11.9 Å². The Balaban J connectivity index is 1.97. The van der Waals surface area contributed by atoms with E-state index in [0.29, 0.717) is 11.5 Å². The Kier molecular flexibility index (Phi) is 6.31. The molecular formula is C20H16O5. The van der Waals surface area contributed by atoms with Gasteiger partial charge in [-0.05, 0) is 35.4 Å². The molecule has 0 aliphatic heterocycles. The summed E-state index contributed by atoms with van der Waals surface area (Å²) in [6.07, 6.45) is 4.57. The fourth-order valence-corrected chi connectivity index (χ4v) is 1.85. The summed E-state index contributed by atoms with van der Waals surface area (Å²) in [6.45, 7) is 6.63. The Hall–Kier alpha value is -3.60. The topological polar surface area (TPSA) is 61.8 Å². The number of rotatable bonds is 7. The summed E-state index contributed by atoms with van der Waals surface area (Å²) in [4.78, 5) is 22.0. The van der Waals surface area contributed by atoms with Gasteiger partial charge in [-0.2, -0.15) is 0 Å². The van der Waals surface area contributed by atoms with Crippen LogP contribution in [0.3, 0.4) is 0 Å². The molecule has 0 aromatic heterocycles. The van der Waals surface area contributed by atoms with Gasteiger partial charge in [-0.3, -0.25) is 0 Å². The maximum atomic E-state index is 11.1. The van der Waals surface area contributed by atoms with Crippen LogP contribution in [0.2, 0.25) is 0 Å². The minimum absolute atomic E-state index is 0.452. The second-order valence-electron chi connectivity index (χ2n) is 4.71. The first kappa shape index (κ1) is 17.7. The lowest BCUT2D eigenvalue weighted by atomic mass is 10.1. The number of hydrogen-bond donors (Lipinski definition) is 0. The summed E-state index contributed by atoms with van der Waals surface area (Å²) in [5.74, 6) is -0.0162. The number of esters is 2. The van der Waals surface area contributed by atoms with Gasteiger partial charge in [0.2, 0.25) is 0 Å². The molecule has 126 valence electrons. The van der Waals surface area contributed by atoms with Crippen LogP contribution in [-0.4, -0.2) is 11.9 Å². The van der Waals surface area contributed by atoms with E-state index < -0.39 is 11.9 Å². The highest BCUT2D eigenvalue weighted by Crippen LogP contribution is 2.24. The van der Waals surface area contributed by atoms with E-state index in [2.05, 4.69) is 17.9 Å². The molecule has 0 atom stereocenters. The third-order valence-electron chi connectivity index (χ3n) is 3.04. The minimum atomic E-state index is -0.558. The quantitative estimate of drug-likeness (QED) is 0.331. The first-order chi connectivity index (χ1) is 12.1. The zero-order valence-corrected chi connectivity index (χ0v) is 13.4. The van der Waals surface area contributed by atoms with Crippen molar-refractivity contribution in [1.82, 2.24) is 0 Å². The molecule has 2 aromatic rings. The van der Waals surface area contributed by atoms with Crippen LogP contribution in [0.25, 0.3) is 11.1 Å². The van der Waals surface area contributed by atoms with Crippen LogP contribution in [0, 0.1) is 0 Å². The average molecular weight is 336 g/mol. The Morgan fingerprint density at radius 1 is 0.720 bits per heavy atom. The average Bonchev–Trinajstić information content (AvgIpc) is 2.66. The number of carbonyl (C=O) groups excluding carboxylic acids is 2. The third-order valence-corrected chi connectivity index (χ3v) is 3.04. The number of hydrogen-bond acceptors (Lipinski definition) is 5. The van der Waals surface area contributed by atoms with Crippen molar-refractivity contribution in [3.05, 3.63) is 86.4 Å². The van der Waals surface area contributed by atoms with Crippen molar-refractivity contribution < 1.29 is 23.8 Å². The first-order valence-electron chi connectivity index (χ1n) is 7.32. The summed E-state index contributed by atoms with van der Waals surface area (Å²) in [6, 6.07) is 14.4. The summed E-state index contributed by atoms with van der Waals surface area (Å²) in [5.41, 5.74) is 1.93. The fraction of sp³-hybridized carbons (Fsp3) is 0. The van der Waals surface area contributed by atoms with Crippen molar-refractivity contribution in [2.45, 2.75) is 0 Å². The van der Waals surface area contributed by atoms with Crippen molar-refractivity contribution in [2.75, 3.05) is 0 Å². The smallest absolute Gasteiger partial charge is 0.335 e. The molecule has 0 N–H and O–H groups in total. The predicted molar refractivity (Wildman–Crippen MR) is 93.8 cm³/mol. The second kappa shape index (κ2) is 8.88. The van der Waals surface area contributed by atoms with Crippen LogP contribution >= 0.6 is 0 Å². The summed E-state index contributed by atoms with van der Waals surface area (Å²) < 4.78 is 15.0. The van der Waals surface area contributed by atoms with Crippen LogP contribution < -0.4 is 9.47 Å². The van der Waals surface area contributed by atoms with Gasteiger partial charge in [-0.1, -0.05) is 37.4 Å². The molecule has 2 rings (SSSR count). The van der Waals surface area contributed by atoms with Gasteiger partial charge in [-0.15, -0.1) is 0 Å². The summed E-state index contributed by atoms with van der Waals surface area (Å²) >= 11 is 0. The highest BCUT2D eigenvalue weighted by Gasteiger charge is 2.02. The van der Waals surface area contributed by atoms with Gasteiger partial charge in [0.05, 0.1) is 0 Å². The SMILES string of the molecule is C=CC(=O)OC=COc1ccc(-c2ccc(OC(=O)C=C)cc2)cc1. The molecule has 0 saturated carbocycles. The molecule has 5 heteroatoms. The molecule has 0 aliphatic rings. The van der Waals surface area contributed by atoms with Crippen molar-refractivity contribution in [3.63, 3.8) is 0 Å². The molecule has 0 aliphatic carbocycles. The highest BCUT2D eigenvalue weighted by molar-refractivity contribution is 5.83. The molecule has 0 fully saturated rings. The van der Waals surface area contributed by atoms with Crippen molar-refractivity contribution in [3.8, 4) is 22.6 Å². The second-order valence-corrected chi connectivity index (χ2v) is 4.71. The van der Waals surface area contributed by atoms with E-state index in [0.717, 1.165) is 29.5 Å². The molecule has 0 unspecified atom stereocenters. The lowest BCUT2D eigenvalue weighted by molar-refractivity contribution is -0.132. The highest BCUT2D eigenvalue weighted by atomic mass is 16.5. The molecule has 25 heavy (non-hydrogen) atoms. The van der Waals surface area contributed by atoms with Crippen LogP contribution in [0.15, 0.2) is 86.4 Å². The maximum Gasteiger partial charge on any atom is 0.335 e.